The summed E-state index contributed by atoms with van der Waals surface area (Å²) in [7, 11) is 0. The van der Waals surface area contributed by atoms with E-state index in [0.29, 0.717) is 17.0 Å². The smallest absolute Gasteiger partial charge is 0.291 e. The zero-order chi connectivity index (χ0) is 17.8. The van der Waals surface area contributed by atoms with Gasteiger partial charge in [-0.1, -0.05) is 31.2 Å². The lowest BCUT2D eigenvalue weighted by molar-refractivity contribution is -0.115. The van der Waals surface area contributed by atoms with E-state index >= 15 is 0 Å². The average Bonchev–Trinajstić information content (AvgIpc) is 2.62. The number of carbonyl (C=O) groups excluding carboxylic acids is 2. The van der Waals surface area contributed by atoms with Gasteiger partial charge in [-0.2, -0.15) is 0 Å². The molecule has 2 N–H and O–H groups in total. The van der Waals surface area contributed by atoms with E-state index < -0.39 is 0 Å². The van der Waals surface area contributed by atoms with Crippen LogP contribution in [0, 0.1) is 0 Å². The third-order valence-corrected chi connectivity index (χ3v) is 4.04. The van der Waals surface area contributed by atoms with Crippen molar-refractivity contribution >= 4 is 23.6 Å². The van der Waals surface area contributed by atoms with E-state index in [1.165, 1.54) is 0 Å². The van der Waals surface area contributed by atoms with Gasteiger partial charge in [-0.05, 0) is 49.2 Å². The van der Waals surface area contributed by atoms with Crippen molar-refractivity contribution in [2.24, 2.45) is 0 Å². The summed E-state index contributed by atoms with van der Waals surface area (Å²) in [5, 5.41) is 5.71. The molecule has 0 spiro atoms. The number of para-hydroxylation sites is 2. The molecule has 0 unspecified atom stereocenters. The van der Waals surface area contributed by atoms with Gasteiger partial charge >= 0.3 is 0 Å². The number of benzene rings is 2. The van der Waals surface area contributed by atoms with Crippen molar-refractivity contribution in [2.75, 3.05) is 5.32 Å². The van der Waals surface area contributed by atoms with Crippen molar-refractivity contribution in [3.63, 3.8) is 0 Å². The van der Waals surface area contributed by atoms with Crippen LogP contribution < -0.4 is 15.4 Å². The van der Waals surface area contributed by atoms with Crippen molar-refractivity contribution in [1.29, 1.82) is 0 Å². The van der Waals surface area contributed by atoms with Crippen molar-refractivity contribution < 1.29 is 14.3 Å². The maximum atomic E-state index is 12.1. The minimum Gasteiger partial charge on any atom is -0.449 e. The van der Waals surface area contributed by atoms with Crippen LogP contribution >= 0.6 is 0 Å². The Morgan fingerprint density at radius 1 is 1.20 bits per heavy atom. The highest BCUT2D eigenvalue weighted by Gasteiger charge is 2.21. The monoisotopic (exact) mass is 336 g/mol. The van der Waals surface area contributed by atoms with Crippen LogP contribution in [0.5, 0.6) is 5.75 Å². The molecule has 0 aromatic heterocycles. The number of hydrogen-bond acceptors (Lipinski definition) is 3. The van der Waals surface area contributed by atoms with Crippen LogP contribution in [0.4, 0.5) is 5.69 Å². The van der Waals surface area contributed by atoms with Crippen LogP contribution in [0.25, 0.3) is 6.08 Å². The molecular formula is C20H20N2O3. The van der Waals surface area contributed by atoms with Crippen molar-refractivity contribution in [2.45, 2.75) is 26.3 Å². The number of hydrogen-bond donors (Lipinski definition) is 2. The second-order valence-electron chi connectivity index (χ2n) is 5.97. The van der Waals surface area contributed by atoms with Gasteiger partial charge in [-0.25, -0.2) is 0 Å². The fraction of sp³-hybridized carbons (Fsp3) is 0.200. The molecule has 25 heavy (non-hydrogen) atoms. The lowest BCUT2D eigenvalue weighted by Crippen LogP contribution is -2.31. The fourth-order valence-electron chi connectivity index (χ4n) is 2.39. The third-order valence-electron chi connectivity index (χ3n) is 4.04. The number of anilines is 1. The number of fused-ring (bicyclic) bond motifs is 1. The highest BCUT2D eigenvalue weighted by Crippen LogP contribution is 2.30. The molecule has 0 radical (unpaired) electrons. The highest BCUT2D eigenvalue weighted by molar-refractivity contribution is 6.08. The van der Waals surface area contributed by atoms with Gasteiger partial charge in [0.1, 0.15) is 0 Å². The first-order valence-electron chi connectivity index (χ1n) is 8.27. The molecule has 128 valence electrons. The van der Waals surface area contributed by atoms with Gasteiger partial charge in [0, 0.05) is 11.6 Å². The molecular weight excluding hydrogens is 316 g/mol. The molecule has 0 saturated heterocycles. The first kappa shape index (κ1) is 16.8. The first-order valence-corrected chi connectivity index (χ1v) is 8.27. The average molecular weight is 336 g/mol. The molecule has 2 amide bonds. The van der Waals surface area contributed by atoms with Crippen LogP contribution in [-0.4, -0.2) is 17.9 Å². The minimum absolute atomic E-state index is 0.103. The molecule has 5 heteroatoms. The van der Waals surface area contributed by atoms with Crippen LogP contribution in [0.1, 0.15) is 36.2 Å². The molecule has 2 aromatic carbocycles. The Kier molecular flexibility index (Phi) is 4.84. The summed E-state index contributed by atoms with van der Waals surface area (Å²) < 4.78 is 5.66. The molecule has 3 rings (SSSR count). The molecule has 0 aliphatic carbocycles. The fourth-order valence-corrected chi connectivity index (χ4v) is 2.39. The standard InChI is InChI=1S/C20H20N2O3/c1-3-13(2)21-19(23)15-10-8-14(9-11-15)12-18-20(24)22-16-6-4-5-7-17(16)25-18/h4-13H,3H2,1-2H3,(H,21,23)(H,22,24)/b18-12-/t13-/m1/s1. The Balaban J connectivity index is 1.76. The molecule has 5 nitrogen and oxygen atoms in total. The molecule has 1 aliphatic heterocycles. The lowest BCUT2D eigenvalue weighted by Gasteiger charge is -2.19. The second kappa shape index (κ2) is 7.21. The van der Waals surface area contributed by atoms with E-state index in [2.05, 4.69) is 10.6 Å². The van der Waals surface area contributed by atoms with Crippen LogP contribution in [0.2, 0.25) is 0 Å². The van der Waals surface area contributed by atoms with E-state index in [-0.39, 0.29) is 23.6 Å². The van der Waals surface area contributed by atoms with E-state index in [0.717, 1.165) is 12.0 Å². The Bertz CT molecular complexity index is 825. The van der Waals surface area contributed by atoms with E-state index in [9.17, 15) is 9.59 Å². The van der Waals surface area contributed by atoms with Gasteiger partial charge in [0.15, 0.2) is 11.5 Å². The summed E-state index contributed by atoms with van der Waals surface area (Å²) in [5.74, 6) is 0.430. The van der Waals surface area contributed by atoms with Gasteiger partial charge in [-0.15, -0.1) is 0 Å². The Hall–Kier alpha value is -3.08. The van der Waals surface area contributed by atoms with E-state index in [1.807, 2.05) is 26.0 Å². The zero-order valence-corrected chi connectivity index (χ0v) is 14.2. The maximum absolute atomic E-state index is 12.1. The molecule has 1 aliphatic rings. The molecule has 1 heterocycles. The lowest BCUT2D eigenvalue weighted by atomic mass is 10.1. The number of amides is 2. The summed E-state index contributed by atoms with van der Waals surface area (Å²) in [6, 6.07) is 14.4. The number of nitrogens with one attached hydrogen (secondary N) is 2. The Morgan fingerprint density at radius 2 is 1.92 bits per heavy atom. The summed E-state index contributed by atoms with van der Waals surface area (Å²) >= 11 is 0. The summed E-state index contributed by atoms with van der Waals surface area (Å²) in [6.45, 7) is 3.99. The summed E-state index contributed by atoms with van der Waals surface area (Å²) in [4.78, 5) is 24.2. The molecule has 2 aromatic rings. The third kappa shape index (κ3) is 3.88. The quantitative estimate of drug-likeness (QED) is 0.839. The zero-order valence-electron chi connectivity index (χ0n) is 14.2. The van der Waals surface area contributed by atoms with Crippen LogP contribution in [0.15, 0.2) is 54.3 Å². The van der Waals surface area contributed by atoms with Crippen LogP contribution in [-0.2, 0) is 4.79 Å². The maximum Gasteiger partial charge on any atom is 0.291 e. The van der Waals surface area contributed by atoms with Crippen molar-refractivity contribution in [1.82, 2.24) is 5.32 Å². The second-order valence-corrected chi connectivity index (χ2v) is 5.97. The molecule has 0 bridgehead atoms. The first-order chi connectivity index (χ1) is 12.1. The Morgan fingerprint density at radius 3 is 2.64 bits per heavy atom. The van der Waals surface area contributed by atoms with E-state index in [1.54, 1.807) is 42.5 Å². The van der Waals surface area contributed by atoms with Gasteiger partial charge in [0.25, 0.3) is 11.8 Å². The topological polar surface area (TPSA) is 67.4 Å². The molecule has 0 fully saturated rings. The van der Waals surface area contributed by atoms with Crippen molar-refractivity contribution in [3.05, 3.63) is 65.4 Å². The summed E-state index contributed by atoms with van der Waals surface area (Å²) in [6.07, 6.45) is 2.53. The van der Waals surface area contributed by atoms with Gasteiger partial charge < -0.3 is 15.4 Å². The number of rotatable bonds is 4. The minimum atomic E-state index is -0.294. The summed E-state index contributed by atoms with van der Waals surface area (Å²) in [5.41, 5.74) is 2.02. The molecule has 0 saturated carbocycles. The predicted octanol–water partition coefficient (Wildman–Crippen LogP) is 3.59. The van der Waals surface area contributed by atoms with E-state index in [4.69, 9.17) is 4.74 Å². The normalized spacial score (nSPS) is 15.8. The van der Waals surface area contributed by atoms with Crippen LogP contribution in [0.3, 0.4) is 0 Å². The number of ether oxygens (including phenoxy) is 1. The SMILES string of the molecule is CC[C@@H](C)NC(=O)c1ccc(/C=C2\Oc3ccccc3NC2=O)cc1. The molecule has 1 atom stereocenters. The Labute approximate surface area is 146 Å². The van der Waals surface area contributed by atoms with Gasteiger partial charge in [-0.3, -0.25) is 9.59 Å². The highest BCUT2D eigenvalue weighted by atomic mass is 16.5. The van der Waals surface area contributed by atoms with Gasteiger partial charge in [0.2, 0.25) is 0 Å². The van der Waals surface area contributed by atoms with Gasteiger partial charge in [0.05, 0.1) is 5.69 Å². The largest absolute Gasteiger partial charge is 0.449 e. The van der Waals surface area contributed by atoms with Crippen molar-refractivity contribution in [3.8, 4) is 5.75 Å². The predicted molar refractivity (Wildman–Crippen MR) is 97.3 cm³/mol. The number of carbonyl (C=O) groups is 2.